The van der Waals surface area contributed by atoms with Gasteiger partial charge >= 0.3 is 6.09 Å². The number of fused-ring (bicyclic) bond motifs is 1. The van der Waals surface area contributed by atoms with Crippen LogP contribution in [0.5, 0.6) is 5.75 Å². The number of ether oxygens (including phenoxy) is 1. The molecule has 12 heteroatoms. The van der Waals surface area contributed by atoms with Crippen molar-refractivity contribution in [1.29, 1.82) is 0 Å². The van der Waals surface area contributed by atoms with Gasteiger partial charge in [0.05, 0.1) is 28.4 Å². The highest BCUT2D eigenvalue weighted by Gasteiger charge is 2.47. The predicted octanol–water partition coefficient (Wildman–Crippen LogP) is 4.25. The summed E-state index contributed by atoms with van der Waals surface area (Å²) in [5, 5.41) is 25.5. The van der Waals surface area contributed by atoms with Gasteiger partial charge in [-0.1, -0.05) is 18.2 Å². The Morgan fingerprint density at radius 2 is 1.90 bits per heavy atom. The van der Waals surface area contributed by atoms with E-state index in [2.05, 4.69) is 15.3 Å². The molecule has 3 amide bonds. The Morgan fingerprint density at radius 3 is 2.61 bits per heavy atom. The number of piperidine rings is 1. The highest BCUT2D eigenvalue weighted by molar-refractivity contribution is 7.09. The van der Waals surface area contributed by atoms with Crippen LogP contribution < -0.4 is 15.5 Å². The molecule has 11 nitrogen and oxygen atoms in total. The molecule has 3 heterocycles. The average Bonchev–Trinajstić information content (AvgIpc) is 3.49. The van der Waals surface area contributed by atoms with Crippen LogP contribution in [0, 0.1) is 18.8 Å². The standard InChI is InChI=1S/C29H29N5O6S/c1-17-14-18(21-4-2-3-5-23(21)31-17)16-40-20-8-6-19(7-9-20)32-27(35)22-10-12-34(29(37)38)24(26(22)28(36)33-39)15-25-30-11-13-41-25/h2-9,11,13-14,22,24,26,39H,10,12,15-16H2,1H3,(H,32,35)(H,33,36)(H,37,38)/t22?,24?,26-/m1/s1. The van der Waals surface area contributed by atoms with Crippen LogP contribution in [0.3, 0.4) is 0 Å². The number of amides is 3. The summed E-state index contributed by atoms with van der Waals surface area (Å²) in [6.45, 7) is 2.35. The first-order chi connectivity index (χ1) is 19.8. The molecular formula is C29H29N5O6S. The minimum atomic E-state index is -1.20. The van der Waals surface area contributed by atoms with Gasteiger partial charge in [0.1, 0.15) is 12.4 Å². The average molecular weight is 576 g/mol. The van der Waals surface area contributed by atoms with Crippen LogP contribution in [0.4, 0.5) is 10.5 Å². The summed E-state index contributed by atoms with van der Waals surface area (Å²) in [6, 6.07) is 15.9. The minimum absolute atomic E-state index is 0.0641. The number of aromatic nitrogens is 2. The number of carbonyl (C=O) groups is 3. The molecule has 41 heavy (non-hydrogen) atoms. The Kier molecular flexibility index (Phi) is 8.41. The molecule has 4 N–H and O–H groups in total. The van der Waals surface area contributed by atoms with Crippen molar-refractivity contribution in [1.82, 2.24) is 20.3 Å². The number of benzene rings is 2. The summed E-state index contributed by atoms with van der Waals surface area (Å²) < 4.78 is 6.01. The van der Waals surface area contributed by atoms with Crippen molar-refractivity contribution in [2.45, 2.75) is 32.4 Å². The third-order valence-electron chi connectivity index (χ3n) is 7.24. The fourth-order valence-corrected chi connectivity index (χ4v) is 6.03. The maximum Gasteiger partial charge on any atom is 0.407 e. The number of hydroxylamine groups is 1. The van der Waals surface area contributed by atoms with Gasteiger partial charge in [-0.15, -0.1) is 11.3 Å². The first-order valence-corrected chi connectivity index (χ1v) is 13.9. The molecule has 212 valence electrons. The van der Waals surface area contributed by atoms with Crippen LogP contribution in [0.25, 0.3) is 10.9 Å². The van der Waals surface area contributed by atoms with Crippen molar-refractivity contribution in [2.75, 3.05) is 11.9 Å². The van der Waals surface area contributed by atoms with E-state index in [9.17, 15) is 24.7 Å². The van der Waals surface area contributed by atoms with Crippen molar-refractivity contribution in [3.05, 3.63) is 82.4 Å². The molecule has 2 aromatic heterocycles. The summed E-state index contributed by atoms with van der Waals surface area (Å²) in [6.07, 6.45) is 0.647. The van der Waals surface area contributed by atoms with Gasteiger partial charge in [-0.25, -0.2) is 15.3 Å². The monoisotopic (exact) mass is 575 g/mol. The van der Waals surface area contributed by atoms with E-state index in [0.29, 0.717) is 23.1 Å². The van der Waals surface area contributed by atoms with E-state index >= 15 is 0 Å². The summed E-state index contributed by atoms with van der Waals surface area (Å²) in [5.41, 5.74) is 4.93. The number of rotatable bonds is 8. The van der Waals surface area contributed by atoms with E-state index < -0.39 is 35.8 Å². The molecular weight excluding hydrogens is 546 g/mol. The fraction of sp³-hybridized carbons (Fsp3) is 0.276. The van der Waals surface area contributed by atoms with Crippen LogP contribution in [-0.4, -0.2) is 55.7 Å². The van der Waals surface area contributed by atoms with E-state index in [0.717, 1.165) is 27.1 Å². The Bertz CT molecular complexity index is 1550. The second kappa shape index (κ2) is 12.3. The maximum absolute atomic E-state index is 13.4. The summed E-state index contributed by atoms with van der Waals surface area (Å²) in [4.78, 5) is 48.1. The summed E-state index contributed by atoms with van der Waals surface area (Å²) in [5.74, 6) is -2.64. The molecule has 0 radical (unpaired) electrons. The molecule has 0 spiro atoms. The van der Waals surface area contributed by atoms with Crippen molar-refractivity contribution in [2.24, 2.45) is 11.8 Å². The molecule has 0 saturated carbocycles. The molecule has 1 aliphatic rings. The molecule has 2 unspecified atom stereocenters. The number of hydrogen-bond donors (Lipinski definition) is 4. The second-order valence-electron chi connectivity index (χ2n) is 9.81. The summed E-state index contributed by atoms with van der Waals surface area (Å²) in [7, 11) is 0. The maximum atomic E-state index is 13.4. The predicted molar refractivity (Wildman–Crippen MR) is 152 cm³/mol. The van der Waals surface area contributed by atoms with Crippen LogP contribution in [0.15, 0.2) is 66.2 Å². The first kappa shape index (κ1) is 28.0. The van der Waals surface area contributed by atoms with Gasteiger partial charge in [-0.3, -0.25) is 19.8 Å². The fourth-order valence-electron chi connectivity index (χ4n) is 5.36. The Morgan fingerprint density at radius 1 is 1.12 bits per heavy atom. The number of anilines is 1. The Balaban J connectivity index is 1.28. The number of carbonyl (C=O) groups excluding carboxylic acids is 2. The van der Waals surface area contributed by atoms with Gasteiger partial charge < -0.3 is 20.1 Å². The third-order valence-corrected chi connectivity index (χ3v) is 8.04. The zero-order valence-corrected chi connectivity index (χ0v) is 23.0. The third kappa shape index (κ3) is 6.28. The van der Waals surface area contributed by atoms with Gasteiger partial charge in [0.15, 0.2) is 0 Å². The number of para-hydroxylation sites is 1. The molecule has 1 saturated heterocycles. The Labute approximate surface area is 239 Å². The normalized spacial score (nSPS) is 18.6. The first-order valence-electron chi connectivity index (χ1n) is 13.0. The highest BCUT2D eigenvalue weighted by Crippen LogP contribution is 2.33. The van der Waals surface area contributed by atoms with E-state index in [-0.39, 0.29) is 19.4 Å². The number of nitrogens with one attached hydrogen (secondary N) is 2. The number of pyridine rings is 1. The molecule has 2 aromatic carbocycles. The molecule has 0 bridgehead atoms. The van der Waals surface area contributed by atoms with Crippen LogP contribution >= 0.6 is 11.3 Å². The lowest BCUT2D eigenvalue weighted by atomic mass is 9.77. The van der Waals surface area contributed by atoms with Crippen molar-refractivity contribution < 1.29 is 29.4 Å². The van der Waals surface area contributed by atoms with Crippen molar-refractivity contribution in [3.8, 4) is 5.75 Å². The smallest absolute Gasteiger partial charge is 0.407 e. The van der Waals surface area contributed by atoms with Crippen LogP contribution in [0.2, 0.25) is 0 Å². The topological polar surface area (TPSA) is 154 Å². The lowest BCUT2D eigenvalue weighted by molar-refractivity contribution is -0.144. The number of aryl methyl sites for hydroxylation is 1. The second-order valence-corrected chi connectivity index (χ2v) is 10.8. The summed E-state index contributed by atoms with van der Waals surface area (Å²) >= 11 is 1.33. The molecule has 3 atom stereocenters. The molecule has 0 aliphatic carbocycles. The molecule has 1 fully saturated rings. The van der Waals surface area contributed by atoms with Crippen LogP contribution in [0.1, 0.15) is 22.7 Å². The van der Waals surface area contributed by atoms with E-state index in [1.165, 1.54) is 11.3 Å². The number of likely N-dealkylation sites (tertiary alicyclic amines) is 1. The minimum Gasteiger partial charge on any atom is -0.489 e. The number of carboxylic acid groups (broad SMARTS) is 1. The number of nitrogens with zero attached hydrogens (tertiary/aromatic N) is 3. The van der Waals surface area contributed by atoms with Crippen LogP contribution in [-0.2, 0) is 22.6 Å². The van der Waals surface area contributed by atoms with Crippen molar-refractivity contribution >= 4 is 45.8 Å². The quantitative estimate of drug-likeness (QED) is 0.180. The van der Waals surface area contributed by atoms with Gasteiger partial charge in [0, 0.05) is 46.9 Å². The molecule has 1 aliphatic heterocycles. The number of thiazole rings is 1. The van der Waals surface area contributed by atoms with Gasteiger partial charge in [-0.05, 0) is 49.7 Å². The van der Waals surface area contributed by atoms with Crippen molar-refractivity contribution in [3.63, 3.8) is 0 Å². The molecule has 4 aromatic rings. The lowest BCUT2D eigenvalue weighted by Crippen LogP contribution is -2.58. The lowest BCUT2D eigenvalue weighted by Gasteiger charge is -2.42. The van der Waals surface area contributed by atoms with E-state index in [1.54, 1.807) is 41.3 Å². The number of hydrogen-bond acceptors (Lipinski definition) is 8. The zero-order chi connectivity index (χ0) is 28.9. The van der Waals surface area contributed by atoms with E-state index in [1.807, 2.05) is 37.3 Å². The zero-order valence-electron chi connectivity index (χ0n) is 22.2. The van der Waals surface area contributed by atoms with E-state index in [4.69, 9.17) is 4.74 Å². The van der Waals surface area contributed by atoms with Gasteiger partial charge in [0.2, 0.25) is 11.8 Å². The SMILES string of the molecule is Cc1cc(COc2ccc(NC(=O)C3CCN(C(=O)O)C(Cc4nccs4)[C@@H]3C(=O)NO)cc2)c2ccccc2n1. The Hall–Kier alpha value is -4.55. The van der Waals surface area contributed by atoms with Gasteiger partial charge in [-0.2, -0.15) is 0 Å². The van der Waals surface area contributed by atoms with Gasteiger partial charge in [0.25, 0.3) is 0 Å². The largest absolute Gasteiger partial charge is 0.489 e. The highest BCUT2D eigenvalue weighted by atomic mass is 32.1. The molecule has 5 rings (SSSR count).